The number of ether oxygens (including phenoxy) is 2. The molecule has 288 valence electrons. The summed E-state index contributed by atoms with van der Waals surface area (Å²) < 4.78 is 32.5. The van der Waals surface area contributed by atoms with Crippen LogP contribution in [-0.2, 0) is 32.7 Å². The van der Waals surface area contributed by atoms with Crippen LogP contribution in [0.2, 0.25) is 0 Å². The van der Waals surface area contributed by atoms with Crippen LogP contribution in [0.15, 0.2) is 97.2 Å². The van der Waals surface area contributed by atoms with E-state index in [9.17, 15) is 19.0 Å². The topological polar surface area (TPSA) is 134 Å². The largest absolute Gasteiger partial charge is 0.472 e. The van der Waals surface area contributed by atoms with E-state index in [-0.39, 0.29) is 32.6 Å². The van der Waals surface area contributed by atoms with Crippen molar-refractivity contribution in [1.29, 1.82) is 0 Å². The van der Waals surface area contributed by atoms with E-state index < -0.39 is 32.5 Å². The van der Waals surface area contributed by atoms with Gasteiger partial charge in [0.2, 0.25) is 0 Å². The molecule has 0 aliphatic heterocycles. The molecule has 0 amide bonds. The third kappa shape index (κ3) is 36.5. The lowest BCUT2D eigenvalue weighted by molar-refractivity contribution is -0.161. The molecule has 0 aliphatic carbocycles. The van der Waals surface area contributed by atoms with E-state index in [1.165, 1.54) is 0 Å². The molecule has 0 spiro atoms. The van der Waals surface area contributed by atoms with Gasteiger partial charge in [-0.05, 0) is 89.9 Å². The first-order chi connectivity index (χ1) is 24.8. The van der Waals surface area contributed by atoms with Crippen molar-refractivity contribution in [3.63, 3.8) is 0 Å². The molecule has 1 unspecified atom stereocenters. The van der Waals surface area contributed by atoms with E-state index in [0.717, 1.165) is 77.0 Å². The average molecular weight is 732 g/mol. The van der Waals surface area contributed by atoms with Gasteiger partial charge in [0.1, 0.15) is 6.61 Å². The van der Waals surface area contributed by atoms with E-state index in [2.05, 4.69) is 111 Å². The standard InChI is InChI=1S/C41H66NO8P/c1-3-5-7-9-11-13-15-17-19-21-23-25-27-29-31-33-40(43)47-37-39(38-49-51(45,46)48-36-35-42)50-41(44)34-32-30-28-26-24-22-20-18-16-14-12-10-8-6-4-2/h5-8,11-14,17-20,23-26,39H,3-4,9-10,15-16,21-22,27-38,42H2,1-2H3,(H,45,46)/t39-/m1/s1. The molecule has 2 atom stereocenters. The summed E-state index contributed by atoms with van der Waals surface area (Å²) in [4.78, 5) is 34.7. The predicted octanol–water partition coefficient (Wildman–Crippen LogP) is 10.3. The summed E-state index contributed by atoms with van der Waals surface area (Å²) in [5.74, 6) is -0.941. The molecular formula is C41H66NO8P. The zero-order valence-corrected chi connectivity index (χ0v) is 32.2. The van der Waals surface area contributed by atoms with Gasteiger partial charge in [-0.1, -0.05) is 111 Å². The summed E-state index contributed by atoms with van der Waals surface area (Å²) in [5.41, 5.74) is 5.32. The third-order valence-corrected chi connectivity index (χ3v) is 7.95. The van der Waals surface area contributed by atoms with E-state index >= 15 is 0 Å². The second-order valence-electron chi connectivity index (χ2n) is 11.7. The number of hydrogen-bond acceptors (Lipinski definition) is 8. The molecule has 3 N–H and O–H groups in total. The summed E-state index contributed by atoms with van der Waals surface area (Å²) in [5, 5.41) is 0. The predicted molar refractivity (Wildman–Crippen MR) is 210 cm³/mol. The second-order valence-corrected chi connectivity index (χ2v) is 13.1. The molecule has 51 heavy (non-hydrogen) atoms. The lowest BCUT2D eigenvalue weighted by Gasteiger charge is -2.19. The minimum Gasteiger partial charge on any atom is -0.462 e. The fourth-order valence-electron chi connectivity index (χ4n) is 4.26. The molecule has 0 aromatic heterocycles. The number of carbonyl (C=O) groups is 2. The van der Waals surface area contributed by atoms with Gasteiger partial charge < -0.3 is 20.1 Å². The number of phosphoric acid groups is 1. The van der Waals surface area contributed by atoms with E-state index in [4.69, 9.17) is 24.3 Å². The smallest absolute Gasteiger partial charge is 0.462 e. The average Bonchev–Trinajstić information content (AvgIpc) is 3.11. The van der Waals surface area contributed by atoms with Crippen LogP contribution in [0.5, 0.6) is 0 Å². The monoisotopic (exact) mass is 731 g/mol. The van der Waals surface area contributed by atoms with Gasteiger partial charge in [-0.3, -0.25) is 18.6 Å². The first-order valence-electron chi connectivity index (χ1n) is 18.7. The van der Waals surface area contributed by atoms with Crippen LogP contribution in [0.3, 0.4) is 0 Å². The molecule has 0 rings (SSSR count). The highest BCUT2D eigenvalue weighted by Gasteiger charge is 2.25. The van der Waals surface area contributed by atoms with E-state index in [1.807, 2.05) is 0 Å². The Morgan fingerprint density at radius 1 is 0.588 bits per heavy atom. The van der Waals surface area contributed by atoms with Crippen LogP contribution < -0.4 is 5.73 Å². The Balaban J connectivity index is 4.41. The molecule has 0 saturated carbocycles. The summed E-state index contributed by atoms with van der Waals surface area (Å²) in [6.45, 7) is 3.36. The number of carbonyl (C=O) groups excluding carboxylic acids is 2. The Hall–Kier alpha value is -3.07. The quantitative estimate of drug-likeness (QED) is 0.0293. The van der Waals surface area contributed by atoms with Crippen molar-refractivity contribution in [2.24, 2.45) is 5.73 Å². The first kappa shape index (κ1) is 47.9. The first-order valence-corrected chi connectivity index (χ1v) is 20.2. The molecular weight excluding hydrogens is 665 g/mol. The van der Waals surface area contributed by atoms with Crippen LogP contribution in [0.4, 0.5) is 0 Å². The van der Waals surface area contributed by atoms with Gasteiger partial charge in [-0.15, -0.1) is 0 Å². The van der Waals surface area contributed by atoms with Crippen LogP contribution in [0.25, 0.3) is 0 Å². The highest BCUT2D eigenvalue weighted by molar-refractivity contribution is 7.47. The second kappa shape index (κ2) is 36.7. The van der Waals surface area contributed by atoms with E-state index in [1.54, 1.807) is 0 Å². The van der Waals surface area contributed by atoms with Gasteiger partial charge >= 0.3 is 19.8 Å². The van der Waals surface area contributed by atoms with Crippen molar-refractivity contribution < 1.29 is 37.6 Å². The zero-order valence-electron chi connectivity index (χ0n) is 31.3. The zero-order chi connectivity index (χ0) is 37.5. The third-order valence-electron chi connectivity index (χ3n) is 6.97. The fourth-order valence-corrected chi connectivity index (χ4v) is 5.03. The molecule has 0 radical (unpaired) electrons. The van der Waals surface area contributed by atoms with Crippen LogP contribution in [-0.4, -0.2) is 49.3 Å². The lowest BCUT2D eigenvalue weighted by Crippen LogP contribution is -2.29. The summed E-state index contributed by atoms with van der Waals surface area (Å²) in [7, 11) is -4.40. The molecule has 0 aromatic carbocycles. The van der Waals surface area contributed by atoms with Gasteiger partial charge in [0.15, 0.2) is 6.10 Å². The normalized spacial score (nSPS) is 14.5. The Labute approximate surface area is 308 Å². The summed E-state index contributed by atoms with van der Waals surface area (Å²) >= 11 is 0. The van der Waals surface area contributed by atoms with Crippen LogP contribution >= 0.6 is 7.82 Å². The van der Waals surface area contributed by atoms with E-state index in [0.29, 0.717) is 12.8 Å². The maximum Gasteiger partial charge on any atom is 0.472 e. The highest BCUT2D eigenvalue weighted by Crippen LogP contribution is 2.43. The fraction of sp³-hybridized carbons (Fsp3) is 0.561. The van der Waals surface area contributed by atoms with Gasteiger partial charge in [0.05, 0.1) is 13.2 Å². The van der Waals surface area contributed by atoms with Crippen molar-refractivity contribution in [2.75, 3.05) is 26.4 Å². The Kier molecular flexibility index (Phi) is 34.5. The number of allylic oxidation sites excluding steroid dienone is 16. The SMILES string of the molecule is CCC=CCC=CCC=CCC=CCCCCC(=O)OC[C@H](COP(=O)(O)OCCN)OC(=O)CCCCC=CCC=CCC=CCC=CCC. The highest BCUT2D eigenvalue weighted by atomic mass is 31.2. The number of esters is 2. The Morgan fingerprint density at radius 3 is 1.43 bits per heavy atom. The molecule has 0 aromatic rings. The Bertz CT molecular complexity index is 1150. The van der Waals surface area contributed by atoms with Gasteiger partial charge in [-0.2, -0.15) is 0 Å². The number of phosphoric ester groups is 1. The van der Waals surface area contributed by atoms with Gasteiger partial charge in [0, 0.05) is 19.4 Å². The summed E-state index contributed by atoms with van der Waals surface area (Å²) in [6, 6.07) is 0. The molecule has 0 bridgehead atoms. The minimum absolute atomic E-state index is 0.0349. The number of unbranched alkanes of at least 4 members (excludes halogenated alkanes) is 4. The molecule has 9 nitrogen and oxygen atoms in total. The van der Waals surface area contributed by atoms with Gasteiger partial charge in [-0.25, -0.2) is 4.57 Å². The van der Waals surface area contributed by atoms with Crippen molar-refractivity contribution in [1.82, 2.24) is 0 Å². The Morgan fingerprint density at radius 2 is 1.00 bits per heavy atom. The number of rotatable bonds is 33. The maximum atomic E-state index is 12.5. The van der Waals surface area contributed by atoms with Crippen molar-refractivity contribution in [2.45, 2.75) is 123 Å². The molecule has 0 heterocycles. The molecule has 0 aliphatic rings. The van der Waals surface area contributed by atoms with Crippen LogP contribution in [0, 0.1) is 0 Å². The van der Waals surface area contributed by atoms with Gasteiger partial charge in [0.25, 0.3) is 0 Å². The number of hydrogen-bond donors (Lipinski definition) is 2. The minimum atomic E-state index is -4.40. The lowest BCUT2D eigenvalue weighted by atomic mass is 10.1. The molecule has 0 saturated heterocycles. The van der Waals surface area contributed by atoms with Crippen molar-refractivity contribution >= 4 is 19.8 Å². The molecule has 10 heteroatoms. The van der Waals surface area contributed by atoms with Crippen molar-refractivity contribution in [3.05, 3.63) is 97.2 Å². The maximum absolute atomic E-state index is 12.5. The van der Waals surface area contributed by atoms with Crippen molar-refractivity contribution in [3.8, 4) is 0 Å². The summed E-state index contributed by atoms with van der Waals surface area (Å²) in [6.07, 6.45) is 45.9. The number of nitrogens with two attached hydrogens (primary N) is 1. The molecule has 0 fully saturated rings. The van der Waals surface area contributed by atoms with Crippen LogP contribution in [0.1, 0.15) is 117 Å².